The third-order valence-corrected chi connectivity index (χ3v) is 8.31. The molecule has 39 heavy (non-hydrogen) atoms. The third-order valence-electron chi connectivity index (χ3n) is 7.78. The Balaban J connectivity index is 1.14. The molecule has 3 heterocycles. The van der Waals surface area contributed by atoms with E-state index < -0.39 is 11.6 Å². The van der Waals surface area contributed by atoms with E-state index in [1.807, 2.05) is 40.1 Å². The first-order chi connectivity index (χ1) is 19.0. The second-order valence-corrected chi connectivity index (χ2v) is 11.2. The molecule has 0 saturated carbocycles. The van der Waals surface area contributed by atoms with Gasteiger partial charge in [0.1, 0.15) is 17.5 Å². The number of nitrogens with zero attached hydrogens (tertiary/aromatic N) is 5. The molecule has 3 aromatic carbocycles. The van der Waals surface area contributed by atoms with Gasteiger partial charge in [0.05, 0.1) is 29.2 Å². The van der Waals surface area contributed by atoms with E-state index in [-0.39, 0.29) is 11.8 Å². The number of hydrogen-bond acceptors (Lipinski definition) is 4. The van der Waals surface area contributed by atoms with E-state index in [2.05, 4.69) is 43.6 Å². The second-order valence-electron chi connectivity index (χ2n) is 10.3. The first-order valence-corrected chi connectivity index (χ1v) is 14.2. The zero-order valence-electron chi connectivity index (χ0n) is 21.6. The van der Waals surface area contributed by atoms with Crippen molar-refractivity contribution in [3.8, 4) is 5.69 Å². The van der Waals surface area contributed by atoms with Crippen molar-refractivity contribution in [3.05, 3.63) is 88.7 Å². The van der Waals surface area contributed by atoms with Gasteiger partial charge in [-0.2, -0.15) is 0 Å². The van der Waals surface area contributed by atoms with Crippen molar-refractivity contribution in [2.75, 3.05) is 44.2 Å². The number of rotatable bonds is 5. The van der Waals surface area contributed by atoms with E-state index in [0.717, 1.165) is 52.5 Å². The topological polar surface area (TPSA) is 44.6 Å². The highest BCUT2D eigenvalue weighted by atomic mass is 79.9. The lowest BCUT2D eigenvalue weighted by Crippen LogP contribution is -2.52. The number of piperazine rings is 1. The Morgan fingerprint density at radius 1 is 0.949 bits per heavy atom. The van der Waals surface area contributed by atoms with Crippen LogP contribution in [0, 0.1) is 17.6 Å². The summed E-state index contributed by atoms with van der Waals surface area (Å²) in [6, 6.07) is 20.1. The first kappa shape index (κ1) is 26.0. The number of likely N-dealkylation sites (tertiary alicyclic amines) is 1. The van der Waals surface area contributed by atoms with Crippen molar-refractivity contribution in [1.29, 1.82) is 0 Å². The maximum Gasteiger partial charge on any atom is 0.227 e. The minimum absolute atomic E-state index is 0.0710. The summed E-state index contributed by atoms with van der Waals surface area (Å²) in [5.74, 6) is -0.0913. The summed E-state index contributed by atoms with van der Waals surface area (Å²) in [4.78, 5) is 24.6. The molecule has 6 rings (SSSR count). The number of amides is 1. The van der Waals surface area contributed by atoms with Crippen LogP contribution in [0.3, 0.4) is 0 Å². The molecule has 0 bridgehead atoms. The van der Waals surface area contributed by atoms with Crippen LogP contribution in [0.5, 0.6) is 0 Å². The Morgan fingerprint density at radius 3 is 2.49 bits per heavy atom. The van der Waals surface area contributed by atoms with E-state index >= 15 is 0 Å². The normalized spacial score (nSPS) is 18.6. The molecule has 9 heteroatoms. The van der Waals surface area contributed by atoms with E-state index in [9.17, 15) is 13.6 Å². The van der Waals surface area contributed by atoms with Gasteiger partial charge in [-0.1, -0.05) is 28.1 Å². The number of halogens is 3. The third kappa shape index (κ3) is 5.43. The Labute approximate surface area is 235 Å². The lowest BCUT2D eigenvalue weighted by molar-refractivity contribution is -0.137. The molecule has 0 unspecified atom stereocenters. The molecule has 202 valence electrons. The fourth-order valence-electron chi connectivity index (χ4n) is 5.82. The molecule has 2 saturated heterocycles. The van der Waals surface area contributed by atoms with Crippen LogP contribution in [-0.4, -0.2) is 64.5 Å². The van der Waals surface area contributed by atoms with Crippen LogP contribution in [0.15, 0.2) is 71.2 Å². The number of benzene rings is 3. The van der Waals surface area contributed by atoms with Crippen molar-refractivity contribution in [1.82, 2.24) is 19.4 Å². The summed E-state index contributed by atoms with van der Waals surface area (Å²) < 4.78 is 30.8. The van der Waals surface area contributed by atoms with Crippen LogP contribution in [0.4, 0.5) is 14.5 Å². The van der Waals surface area contributed by atoms with Crippen molar-refractivity contribution >= 4 is 38.6 Å². The van der Waals surface area contributed by atoms with Gasteiger partial charge in [0.2, 0.25) is 5.91 Å². The molecule has 1 atom stereocenters. The van der Waals surface area contributed by atoms with Gasteiger partial charge in [-0.3, -0.25) is 14.3 Å². The average molecular weight is 595 g/mol. The number of piperidine rings is 1. The Morgan fingerprint density at radius 2 is 1.72 bits per heavy atom. The number of imidazole rings is 1. The average Bonchev–Trinajstić information content (AvgIpc) is 3.31. The Bertz CT molecular complexity index is 1480. The molecule has 1 amide bonds. The van der Waals surface area contributed by atoms with Crippen LogP contribution < -0.4 is 4.90 Å². The van der Waals surface area contributed by atoms with Gasteiger partial charge in [0, 0.05) is 49.0 Å². The van der Waals surface area contributed by atoms with Crippen molar-refractivity contribution in [2.24, 2.45) is 5.92 Å². The molecular formula is C30H30BrF2N5O. The number of fused-ring (bicyclic) bond motifs is 1. The van der Waals surface area contributed by atoms with Gasteiger partial charge in [-0.15, -0.1) is 0 Å². The van der Waals surface area contributed by atoms with Crippen LogP contribution in [0.1, 0.15) is 18.7 Å². The highest BCUT2D eigenvalue weighted by Crippen LogP contribution is 2.27. The zero-order chi connectivity index (χ0) is 26.9. The molecule has 0 aliphatic carbocycles. The lowest BCUT2D eigenvalue weighted by atomic mass is 9.96. The SMILES string of the molecule is O=C([C@H]1CCCN(Cc2nc3ccccc3n2-c2ccc(Br)cc2)C1)N1CCN(c2ccc(F)cc2F)CC1. The molecule has 1 aromatic heterocycles. The summed E-state index contributed by atoms with van der Waals surface area (Å²) in [7, 11) is 0. The van der Waals surface area contributed by atoms with Crippen LogP contribution in [-0.2, 0) is 11.3 Å². The lowest BCUT2D eigenvalue weighted by Gasteiger charge is -2.39. The maximum atomic E-state index is 14.2. The molecule has 0 spiro atoms. The van der Waals surface area contributed by atoms with Crippen molar-refractivity contribution in [2.45, 2.75) is 19.4 Å². The minimum atomic E-state index is -0.584. The molecule has 2 aliphatic rings. The van der Waals surface area contributed by atoms with Crippen LogP contribution >= 0.6 is 15.9 Å². The van der Waals surface area contributed by atoms with Gasteiger partial charge in [-0.05, 0) is 67.9 Å². The molecule has 6 nitrogen and oxygen atoms in total. The van der Waals surface area contributed by atoms with Crippen LogP contribution in [0.25, 0.3) is 16.7 Å². The number of anilines is 1. The van der Waals surface area contributed by atoms with Gasteiger partial charge in [0.15, 0.2) is 0 Å². The number of carbonyl (C=O) groups is 1. The molecule has 2 fully saturated rings. The standard InChI is InChI=1S/C30H30BrF2N5O/c31-22-7-10-24(11-8-22)38-28-6-2-1-5-26(28)34-29(38)20-35-13-3-4-21(19-35)30(39)37-16-14-36(15-17-37)27-12-9-23(32)18-25(27)33/h1-2,5-12,18,21H,3-4,13-17,19-20H2/t21-/m0/s1. The van der Waals surface area contributed by atoms with E-state index in [1.54, 1.807) is 0 Å². The Kier molecular flexibility index (Phi) is 7.36. The first-order valence-electron chi connectivity index (χ1n) is 13.4. The highest BCUT2D eigenvalue weighted by molar-refractivity contribution is 9.10. The quantitative estimate of drug-likeness (QED) is 0.301. The van der Waals surface area contributed by atoms with Crippen LogP contribution in [0.2, 0.25) is 0 Å². The minimum Gasteiger partial charge on any atom is -0.366 e. The number of carbonyl (C=O) groups excluding carboxylic acids is 1. The second kappa shape index (κ2) is 11.1. The van der Waals surface area contributed by atoms with E-state index in [4.69, 9.17) is 4.98 Å². The fraction of sp³-hybridized carbons (Fsp3) is 0.333. The molecule has 2 aliphatic heterocycles. The Hall–Kier alpha value is -3.30. The van der Waals surface area contributed by atoms with Crippen molar-refractivity contribution < 1.29 is 13.6 Å². The van der Waals surface area contributed by atoms with E-state index in [1.165, 1.54) is 12.1 Å². The maximum absolute atomic E-state index is 14.2. The number of aromatic nitrogens is 2. The monoisotopic (exact) mass is 593 g/mol. The molecule has 0 radical (unpaired) electrons. The number of para-hydroxylation sites is 2. The fourth-order valence-corrected chi connectivity index (χ4v) is 6.09. The molecular weight excluding hydrogens is 564 g/mol. The van der Waals surface area contributed by atoms with Gasteiger partial charge < -0.3 is 9.80 Å². The smallest absolute Gasteiger partial charge is 0.227 e. The van der Waals surface area contributed by atoms with Crippen molar-refractivity contribution in [3.63, 3.8) is 0 Å². The van der Waals surface area contributed by atoms with Gasteiger partial charge >= 0.3 is 0 Å². The summed E-state index contributed by atoms with van der Waals surface area (Å²) in [6.07, 6.45) is 1.82. The number of hydrogen-bond donors (Lipinski definition) is 0. The van der Waals surface area contributed by atoms with E-state index in [0.29, 0.717) is 45.0 Å². The highest BCUT2D eigenvalue weighted by Gasteiger charge is 2.32. The molecule has 0 N–H and O–H groups in total. The van der Waals surface area contributed by atoms with Gasteiger partial charge in [-0.25, -0.2) is 13.8 Å². The predicted molar refractivity (Wildman–Crippen MR) is 152 cm³/mol. The summed E-state index contributed by atoms with van der Waals surface area (Å²) >= 11 is 3.53. The summed E-state index contributed by atoms with van der Waals surface area (Å²) in [5.41, 5.74) is 3.47. The zero-order valence-corrected chi connectivity index (χ0v) is 23.2. The largest absolute Gasteiger partial charge is 0.366 e. The van der Waals surface area contributed by atoms with Gasteiger partial charge in [0.25, 0.3) is 0 Å². The molecule has 4 aromatic rings. The predicted octanol–water partition coefficient (Wildman–Crippen LogP) is 5.63. The summed E-state index contributed by atoms with van der Waals surface area (Å²) in [5, 5.41) is 0. The summed E-state index contributed by atoms with van der Waals surface area (Å²) in [6.45, 7) is 4.40.